The van der Waals surface area contributed by atoms with Crippen LogP contribution in [0.2, 0.25) is 0 Å². The maximum absolute atomic E-state index is 13.1. The van der Waals surface area contributed by atoms with Gasteiger partial charge in [-0.2, -0.15) is 0 Å². The van der Waals surface area contributed by atoms with Crippen molar-refractivity contribution >= 4 is 16.9 Å². The Morgan fingerprint density at radius 2 is 2.06 bits per heavy atom. The van der Waals surface area contributed by atoms with Crippen LogP contribution in [0, 0.1) is 11.8 Å². The lowest BCUT2D eigenvalue weighted by atomic mass is 10.0. The van der Waals surface area contributed by atoms with E-state index in [4.69, 9.17) is 0 Å². The van der Waals surface area contributed by atoms with Gasteiger partial charge < -0.3 is 10.2 Å². The summed E-state index contributed by atoms with van der Waals surface area (Å²) in [6, 6.07) is 1.75. The first-order chi connectivity index (χ1) is 15.3. The van der Waals surface area contributed by atoms with Crippen LogP contribution < -0.4 is 16.6 Å². The van der Waals surface area contributed by atoms with E-state index in [0.717, 1.165) is 50.5 Å². The van der Waals surface area contributed by atoms with Crippen LogP contribution in [-0.4, -0.2) is 51.5 Å². The number of H-pyrrole nitrogens is 1. The van der Waals surface area contributed by atoms with E-state index in [0.29, 0.717) is 30.2 Å². The van der Waals surface area contributed by atoms with Crippen molar-refractivity contribution in [3.05, 3.63) is 38.2 Å². The van der Waals surface area contributed by atoms with Crippen LogP contribution in [0.15, 0.2) is 15.7 Å². The van der Waals surface area contributed by atoms with E-state index in [-0.39, 0.29) is 17.2 Å². The monoisotopic (exact) mass is 441 g/mol. The summed E-state index contributed by atoms with van der Waals surface area (Å²) in [5.74, 6) is 0.959. The molecular formula is C24H35N5O3. The van der Waals surface area contributed by atoms with Crippen molar-refractivity contribution in [2.24, 2.45) is 11.8 Å². The molecule has 1 aliphatic heterocycles. The molecule has 1 aliphatic carbocycles. The van der Waals surface area contributed by atoms with E-state index in [1.165, 1.54) is 17.4 Å². The number of piperidine rings is 1. The Kier molecular flexibility index (Phi) is 6.79. The lowest BCUT2D eigenvalue weighted by Crippen LogP contribution is -2.37. The molecule has 2 N–H and O–H groups in total. The van der Waals surface area contributed by atoms with Gasteiger partial charge in [-0.15, -0.1) is 0 Å². The van der Waals surface area contributed by atoms with E-state index < -0.39 is 11.2 Å². The van der Waals surface area contributed by atoms with Gasteiger partial charge in [0.05, 0.1) is 10.9 Å². The predicted octanol–water partition coefficient (Wildman–Crippen LogP) is 2.47. The first-order valence-electron chi connectivity index (χ1n) is 12.0. The van der Waals surface area contributed by atoms with Crippen LogP contribution in [0.25, 0.3) is 11.0 Å². The van der Waals surface area contributed by atoms with Crippen molar-refractivity contribution < 1.29 is 4.79 Å². The summed E-state index contributed by atoms with van der Waals surface area (Å²) in [4.78, 5) is 47.9. The SMILES string of the molecule is CC(C)Cn1c(=O)[nH]c(=O)c2c(C(=O)NCCCN3CCCC(C)C3)cc(C3CC3)nc21. The zero-order chi connectivity index (χ0) is 22.8. The number of nitrogens with zero attached hydrogens (tertiary/aromatic N) is 3. The Bertz CT molecular complexity index is 1100. The van der Waals surface area contributed by atoms with Gasteiger partial charge in [-0.1, -0.05) is 20.8 Å². The summed E-state index contributed by atoms with van der Waals surface area (Å²) in [5, 5.41) is 3.20. The number of hydrogen-bond acceptors (Lipinski definition) is 5. The number of pyridine rings is 1. The van der Waals surface area contributed by atoms with Crippen LogP contribution in [0.1, 0.15) is 74.8 Å². The van der Waals surface area contributed by atoms with E-state index in [1.807, 2.05) is 13.8 Å². The molecule has 8 nitrogen and oxygen atoms in total. The third-order valence-electron chi connectivity index (χ3n) is 6.43. The second-order valence-electron chi connectivity index (χ2n) is 9.99. The molecule has 0 bridgehead atoms. The number of aromatic nitrogens is 3. The molecule has 1 saturated heterocycles. The van der Waals surface area contributed by atoms with Gasteiger partial charge in [0, 0.05) is 31.2 Å². The summed E-state index contributed by atoms with van der Waals surface area (Å²) in [7, 11) is 0. The fourth-order valence-corrected chi connectivity index (χ4v) is 4.68. The number of carbonyl (C=O) groups is 1. The van der Waals surface area contributed by atoms with Crippen LogP contribution in [0.3, 0.4) is 0 Å². The van der Waals surface area contributed by atoms with Gasteiger partial charge in [-0.25, -0.2) is 9.78 Å². The molecule has 2 aromatic rings. The highest BCUT2D eigenvalue weighted by Gasteiger charge is 2.28. The Morgan fingerprint density at radius 1 is 1.28 bits per heavy atom. The molecule has 32 heavy (non-hydrogen) atoms. The van der Waals surface area contributed by atoms with Gasteiger partial charge in [-0.3, -0.25) is 19.1 Å². The highest BCUT2D eigenvalue weighted by molar-refractivity contribution is 6.05. The van der Waals surface area contributed by atoms with Gasteiger partial charge >= 0.3 is 5.69 Å². The molecule has 0 aromatic carbocycles. The molecule has 1 unspecified atom stereocenters. The van der Waals surface area contributed by atoms with Crippen molar-refractivity contribution in [2.45, 2.75) is 65.3 Å². The fraction of sp³-hybridized carbons (Fsp3) is 0.667. The minimum absolute atomic E-state index is 0.197. The molecule has 2 aromatic heterocycles. The molecule has 3 heterocycles. The lowest BCUT2D eigenvalue weighted by molar-refractivity contribution is 0.0951. The third-order valence-corrected chi connectivity index (χ3v) is 6.43. The largest absolute Gasteiger partial charge is 0.352 e. The van der Waals surface area contributed by atoms with Crippen LogP contribution in [-0.2, 0) is 6.54 Å². The van der Waals surface area contributed by atoms with Crippen molar-refractivity contribution in [2.75, 3.05) is 26.2 Å². The van der Waals surface area contributed by atoms with Gasteiger partial charge in [0.15, 0.2) is 5.65 Å². The molecule has 4 rings (SSSR count). The van der Waals surface area contributed by atoms with Gasteiger partial charge in [-0.05, 0) is 63.1 Å². The summed E-state index contributed by atoms with van der Waals surface area (Å²) in [6.07, 6.45) is 5.44. The standard InChI is InChI=1S/C24H35N5O3/c1-15(2)13-29-21-20(23(31)27-24(29)32)18(12-19(26-21)17-7-8-17)22(30)25-9-5-11-28-10-4-6-16(3)14-28/h12,15-17H,4-11,13-14H2,1-3H3,(H,25,30)(H,27,31,32). The number of likely N-dealkylation sites (tertiary alicyclic amines) is 1. The number of amides is 1. The van der Waals surface area contributed by atoms with Crippen molar-refractivity contribution in [1.29, 1.82) is 0 Å². The van der Waals surface area contributed by atoms with Crippen molar-refractivity contribution in [3.8, 4) is 0 Å². The zero-order valence-electron chi connectivity index (χ0n) is 19.4. The van der Waals surface area contributed by atoms with Crippen molar-refractivity contribution in [1.82, 2.24) is 24.8 Å². The summed E-state index contributed by atoms with van der Waals surface area (Å²) < 4.78 is 1.50. The molecule has 1 atom stereocenters. The third kappa shape index (κ3) is 5.11. The van der Waals surface area contributed by atoms with Crippen LogP contribution in [0.5, 0.6) is 0 Å². The Balaban J connectivity index is 1.57. The number of nitrogens with one attached hydrogen (secondary N) is 2. The van der Waals surface area contributed by atoms with Gasteiger partial charge in [0.25, 0.3) is 11.5 Å². The van der Waals surface area contributed by atoms with E-state index in [2.05, 4.69) is 27.1 Å². The molecule has 2 fully saturated rings. The number of aromatic amines is 1. The molecule has 174 valence electrons. The fourth-order valence-electron chi connectivity index (χ4n) is 4.68. The Labute approximate surface area is 188 Å². The topological polar surface area (TPSA) is 100 Å². The average molecular weight is 442 g/mol. The zero-order valence-corrected chi connectivity index (χ0v) is 19.4. The van der Waals surface area contributed by atoms with Crippen molar-refractivity contribution in [3.63, 3.8) is 0 Å². The molecule has 8 heteroatoms. The van der Waals surface area contributed by atoms with Crippen LogP contribution >= 0.6 is 0 Å². The molecule has 0 spiro atoms. The summed E-state index contributed by atoms with van der Waals surface area (Å²) in [6.45, 7) is 10.5. The van der Waals surface area contributed by atoms with Gasteiger partial charge in [0.2, 0.25) is 0 Å². The highest BCUT2D eigenvalue weighted by atomic mass is 16.2. The first kappa shape index (κ1) is 22.7. The molecule has 1 amide bonds. The second kappa shape index (κ2) is 9.57. The number of fused-ring (bicyclic) bond motifs is 1. The summed E-state index contributed by atoms with van der Waals surface area (Å²) >= 11 is 0. The molecular weight excluding hydrogens is 406 g/mol. The highest BCUT2D eigenvalue weighted by Crippen LogP contribution is 2.39. The minimum Gasteiger partial charge on any atom is -0.352 e. The average Bonchev–Trinajstić information content (AvgIpc) is 3.58. The molecule has 1 saturated carbocycles. The first-order valence-corrected chi connectivity index (χ1v) is 12.0. The normalized spacial score (nSPS) is 19.6. The Morgan fingerprint density at radius 3 is 2.75 bits per heavy atom. The van der Waals surface area contributed by atoms with E-state index >= 15 is 0 Å². The maximum atomic E-state index is 13.1. The second-order valence-corrected chi connectivity index (χ2v) is 9.99. The predicted molar refractivity (Wildman–Crippen MR) is 125 cm³/mol. The maximum Gasteiger partial charge on any atom is 0.330 e. The summed E-state index contributed by atoms with van der Waals surface area (Å²) in [5.41, 5.74) is 0.421. The van der Waals surface area contributed by atoms with Crippen LogP contribution in [0.4, 0.5) is 0 Å². The minimum atomic E-state index is -0.549. The lowest BCUT2D eigenvalue weighted by Gasteiger charge is -2.30. The quantitative estimate of drug-likeness (QED) is 0.613. The molecule has 0 radical (unpaired) electrons. The number of rotatable bonds is 8. The van der Waals surface area contributed by atoms with Gasteiger partial charge in [0.1, 0.15) is 0 Å². The molecule has 2 aliphatic rings. The van der Waals surface area contributed by atoms with E-state index in [1.54, 1.807) is 6.07 Å². The number of hydrogen-bond donors (Lipinski definition) is 2. The smallest absolute Gasteiger partial charge is 0.330 e. The Hall–Kier alpha value is -2.48. The van der Waals surface area contributed by atoms with E-state index in [9.17, 15) is 14.4 Å². The number of carbonyl (C=O) groups excluding carboxylic acids is 1.